The molecule has 1 saturated carbocycles. The molecule has 5 nitrogen and oxygen atoms in total. The van der Waals surface area contributed by atoms with Gasteiger partial charge in [0.15, 0.2) is 0 Å². The summed E-state index contributed by atoms with van der Waals surface area (Å²) in [6, 6.07) is 5.69. The zero-order chi connectivity index (χ0) is 13.8. The number of aliphatic hydroxyl groups excluding tert-OH is 1. The largest absolute Gasteiger partial charge is 0.396 e. The van der Waals surface area contributed by atoms with Crippen LogP contribution in [0.1, 0.15) is 31.2 Å². The van der Waals surface area contributed by atoms with Crippen LogP contribution in [0.15, 0.2) is 18.2 Å². The fourth-order valence-electron chi connectivity index (χ4n) is 2.56. The van der Waals surface area contributed by atoms with Crippen LogP contribution in [0.4, 0.5) is 11.4 Å². The van der Waals surface area contributed by atoms with Crippen molar-refractivity contribution in [1.29, 1.82) is 0 Å². The van der Waals surface area contributed by atoms with E-state index in [0.29, 0.717) is 12.5 Å². The molecule has 1 N–H and O–H groups in total. The molecule has 0 spiro atoms. The fraction of sp³-hybridized carbons (Fsp3) is 0.571. The first-order valence-electron chi connectivity index (χ1n) is 6.76. The van der Waals surface area contributed by atoms with Crippen LogP contribution in [0.25, 0.3) is 0 Å². The number of aliphatic hydroxyl groups is 1. The number of nitro groups is 1. The standard InChI is InChI=1S/C14H20N2O3/c1-11-13(7-3-8-14(11)16(18)19)15(9-4-10-17)12-5-2-6-12/h3,7-8,12,17H,2,4-6,9-10H2,1H3. The van der Waals surface area contributed by atoms with E-state index in [2.05, 4.69) is 4.90 Å². The van der Waals surface area contributed by atoms with Crippen LogP contribution >= 0.6 is 0 Å². The van der Waals surface area contributed by atoms with Crippen LogP contribution in [0.3, 0.4) is 0 Å². The highest BCUT2D eigenvalue weighted by atomic mass is 16.6. The van der Waals surface area contributed by atoms with Crippen LogP contribution in [0.2, 0.25) is 0 Å². The van der Waals surface area contributed by atoms with Gasteiger partial charge in [0.25, 0.3) is 5.69 Å². The second-order valence-corrected chi connectivity index (χ2v) is 5.03. The molecule has 104 valence electrons. The molecule has 0 amide bonds. The Bertz CT molecular complexity index is 458. The molecule has 1 aliphatic carbocycles. The number of benzene rings is 1. The van der Waals surface area contributed by atoms with E-state index in [-0.39, 0.29) is 17.2 Å². The minimum absolute atomic E-state index is 0.150. The summed E-state index contributed by atoms with van der Waals surface area (Å²) in [5.41, 5.74) is 1.83. The molecular formula is C14H20N2O3. The summed E-state index contributed by atoms with van der Waals surface area (Å²) in [6.45, 7) is 2.71. The minimum atomic E-state index is -0.330. The average Bonchev–Trinajstić information content (AvgIpc) is 2.32. The Balaban J connectivity index is 2.29. The van der Waals surface area contributed by atoms with E-state index >= 15 is 0 Å². The molecule has 1 fully saturated rings. The highest BCUT2D eigenvalue weighted by Crippen LogP contribution is 2.34. The molecule has 0 saturated heterocycles. The van der Waals surface area contributed by atoms with Gasteiger partial charge in [-0.25, -0.2) is 0 Å². The molecule has 1 aromatic carbocycles. The lowest BCUT2D eigenvalue weighted by Crippen LogP contribution is -2.41. The third-order valence-electron chi connectivity index (χ3n) is 3.86. The summed E-state index contributed by atoms with van der Waals surface area (Å²) in [5, 5.41) is 20.0. The second-order valence-electron chi connectivity index (χ2n) is 5.03. The third kappa shape index (κ3) is 2.87. The molecule has 1 aromatic rings. The number of rotatable bonds is 6. The Morgan fingerprint density at radius 3 is 2.74 bits per heavy atom. The molecule has 0 heterocycles. The van der Waals surface area contributed by atoms with Gasteiger partial charge in [-0.15, -0.1) is 0 Å². The highest BCUT2D eigenvalue weighted by molar-refractivity contribution is 5.62. The molecule has 0 aromatic heterocycles. The van der Waals surface area contributed by atoms with E-state index in [1.165, 1.54) is 6.42 Å². The maximum atomic E-state index is 11.0. The summed E-state index contributed by atoms with van der Waals surface area (Å²) in [4.78, 5) is 12.9. The molecule has 0 bridgehead atoms. The first kappa shape index (κ1) is 13.8. The first-order valence-corrected chi connectivity index (χ1v) is 6.76. The number of anilines is 1. The summed E-state index contributed by atoms with van der Waals surface area (Å²) in [6.07, 6.45) is 4.17. The predicted octanol–water partition coefficient (Wildman–Crippen LogP) is 2.64. The van der Waals surface area contributed by atoms with Crippen molar-refractivity contribution in [2.24, 2.45) is 0 Å². The van der Waals surface area contributed by atoms with E-state index in [4.69, 9.17) is 5.11 Å². The Morgan fingerprint density at radius 1 is 1.47 bits per heavy atom. The normalized spacial score (nSPS) is 15.1. The SMILES string of the molecule is Cc1c(N(CCCO)C2CCC2)cccc1[N+](=O)[O-]. The van der Waals surface area contributed by atoms with E-state index in [1.54, 1.807) is 19.1 Å². The van der Waals surface area contributed by atoms with Gasteiger partial charge in [0, 0.05) is 30.9 Å². The predicted molar refractivity (Wildman–Crippen MR) is 74.5 cm³/mol. The molecule has 0 radical (unpaired) electrons. The second kappa shape index (κ2) is 6.02. The number of hydrogen-bond acceptors (Lipinski definition) is 4. The van der Waals surface area contributed by atoms with Crippen molar-refractivity contribution >= 4 is 11.4 Å². The molecule has 0 atom stereocenters. The van der Waals surface area contributed by atoms with Crippen molar-refractivity contribution in [3.05, 3.63) is 33.9 Å². The average molecular weight is 264 g/mol. The molecular weight excluding hydrogens is 244 g/mol. The minimum Gasteiger partial charge on any atom is -0.396 e. The first-order chi connectivity index (χ1) is 9.15. The van der Waals surface area contributed by atoms with Gasteiger partial charge in [0.1, 0.15) is 0 Å². The molecule has 1 aliphatic rings. The van der Waals surface area contributed by atoms with Crippen LogP contribution in [-0.4, -0.2) is 29.2 Å². The molecule has 0 aliphatic heterocycles. The molecule has 0 unspecified atom stereocenters. The Morgan fingerprint density at radius 2 is 2.21 bits per heavy atom. The van der Waals surface area contributed by atoms with Gasteiger partial charge in [0.2, 0.25) is 0 Å². The van der Waals surface area contributed by atoms with Gasteiger partial charge in [-0.3, -0.25) is 10.1 Å². The van der Waals surface area contributed by atoms with E-state index in [9.17, 15) is 10.1 Å². The van der Waals surface area contributed by atoms with Crippen LogP contribution in [0, 0.1) is 17.0 Å². The lowest BCUT2D eigenvalue weighted by molar-refractivity contribution is -0.385. The van der Waals surface area contributed by atoms with Gasteiger partial charge in [-0.2, -0.15) is 0 Å². The van der Waals surface area contributed by atoms with Crippen LogP contribution < -0.4 is 4.90 Å². The van der Waals surface area contributed by atoms with Gasteiger partial charge >= 0.3 is 0 Å². The van der Waals surface area contributed by atoms with Gasteiger partial charge in [-0.1, -0.05) is 6.07 Å². The lowest BCUT2D eigenvalue weighted by atomic mass is 9.90. The van der Waals surface area contributed by atoms with Crippen molar-refractivity contribution in [2.75, 3.05) is 18.1 Å². The zero-order valence-corrected chi connectivity index (χ0v) is 11.2. The van der Waals surface area contributed by atoms with Crippen LogP contribution in [0.5, 0.6) is 0 Å². The van der Waals surface area contributed by atoms with Crippen molar-refractivity contribution in [3.63, 3.8) is 0 Å². The third-order valence-corrected chi connectivity index (χ3v) is 3.86. The number of nitrogens with zero attached hydrogens (tertiary/aromatic N) is 2. The van der Waals surface area contributed by atoms with E-state index < -0.39 is 0 Å². The van der Waals surface area contributed by atoms with Crippen molar-refractivity contribution in [1.82, 2.24) is 0 Å². The topological polar surface area (TPSA) is 66.6 Å². The summed E-state index contributed by atoms with van der Waals surface area (Å²) in [7, 11) is 0. The number of nitro benzene ring substituents is 1. The molecule has 19 heavy (non-hydrogen) atoms. The van der Waals surface area contributed by atoms with Gasteiger partial charge < -0.3 is 10.0 Å². The zero-order valence-electron chi connectivity index (χ0n) is 11.2. The summed E-state index contributed by atoms with van der Waals surface area (Å²) >= 11 is 0. The highest BCUT2D eigenvalue weighted by Gasteiger charge is 2.27. The van der Waals surface area contributed by atoms with Gasteiger partial charge in [-0.05, 0) is 38.7 Å². The van der Waals surface area contributed by atoms with Crippen molar-refractivity contribution in [2.45, 2.75) is 38.6 Å². The van der Waals surface area contributed by atoms with E-state index in [0.717, 1.165) is 30.6 Å². The summed E-state index contributed by atoms with van der Waals surface area (Å²) < 4.78 is 0. The van der Waals surface area contributed by atoms with E-state index in [1.807, 2.05) is 6.07 Å². The number of hydrogen-bond donors (Lipinski definition) is 1. The molecule has 2 rings (SSSR count). The Hall–Kier alpha value is -1.62. The van der Waals surface area contributed by atoms with Crippen molar-refractivity contribution in [3.8, 4) is 0 Å². The monoisotopic (exact) mass is 264 g/mol. The van der Waals surface area contributed by atoms with Crippen LogP contribution in [-0.2, 0) is 0 Å². The van der Waals surface area contributed by atoms with Gasteiger partial charge in [0.05, 0.1) is 10.5 Å². The fourth-order valence-corrected chi connectivity index (χ4v) is 2.56. The summed E-state index contributed by atoms with van der Waals surface area (Å²) in [5.74, 6) is 0. The molecule has 5 heteroatoms. The quantitative estimate of drug-likeness (QED) is 0.633. The smallest absolute Gasteiger partial charge is 0.274 e. The maximum absolute atomic E-state index is 11.0. The maximum Gasteiger partial charge on any atom is 0.274 e. The van der Waals surface area contributed by atoms with Crippen molar-refractivity contribution < 1.29 is 10.0 Å². The lowest BCUT2D eigenvalue weighted by Gasteiger charge is -2.40. The Kier molecular flexibility index (Phi) is 4.37. The Labute approximate surface area is 113 Å².